The first-order chi connectivity index (χ1) is 20.5. The standard InChI is InChI=1S/C38H60O4/c1-3-4-5-6-29-9-15-32(16-10-29)33-17-11-30(12-18-33)7-8-31-13-19-34(20-14-31)35-21-23-36(24-22-35)37(26-40)27-42-38(41)28(2)25-39/h11-12,17-18,29,31-32,34-37,39-40H,2-10,13-16,19-27H2,1H3. The molecule has 42 heavy (non-hydrogen) atoms. The second-order valence-electron chi connectivity index (χ2n) is 14.3. The topological polar surface area (TPSA) is 66.8 Å². The second kappa shape index (κ2) is 17.6. The third-order valence-electron chi connectivity index (χ3n) is 11.5. The number of hydrogen-bond acceptors (Lipinski definition) is 4. The van der Waals surface area contributed by atoms with Gasteiger partial charge in [0.25, 0.3) is 0 Å². The van der Waals surface area contributed by atoms with E-state index < -0.39 is 5.97 Å². The summed E-state index contributed by atoms with van der Waals surface area (Å²) in [5.41, 5.74) is 3.18. The van der Waals surface area contributed by atoms with Crippen LogP contribution < -0.4 is 0 Å². The lowest BCUT2D eigenvalue weighted by molar-refractivity contribution is -0.142. The van der Waals surface area contributed by atoms with Gasteiger partial charge in [-0.25, -0.2) is 4.79 Å². The van der Waals surface area contributed by atoms with Gasteiger partial charge in [-0.1, -0.05) is 76.3 Å². The number of hydrogen-bond donors (Lipinski definition) is 2. The monoisotopic (exact) mass is 580 g/mol. The van der Waals surface area contributed by atoms with Gasteiger partial charge in [-0.3, -0.25) is 0 Å². The quantitative estimate of drug-likeness (QED) is 0.124. The largest absolute Gasteiger partial charge is 0.462 e. The van der Waals surface area contributed by atoms with Crippen LogP contribution in [-0.2, 0) is 16.0 Å². The third-order valence-corrected chi connectivity index (χ3v) is 11.5. The molecule has 0 amide bonds. The number of aryl methyl sites for hydroxylation is 1. The molecule has 0 radical (unpaired) electrons. The van der Waals surface area contributed by atoms with E-state index in [4.69, 9.17) is 9.84 Å². The summed E-state index contributed by atoms with van der Waals surface area (Å²) < 4.78 is 5.30. The smallest absolute Gasteiger partial charge is 0.335 e. The molecule has 0 aliphatic heterocycles. The van der Waals surface area contributed by atoms with Crippen molar-refractivity contribution >= 4 is 5.97 Å². The maximum absolute atomic E-state index is 11.8. The Kier molecular flexibility index (Phi) is 13.9. The second-order valence-corrected chi connectivity index (χ2v) is 14.3. The molecule has 4 rings (SSSR count). The molecule has 3 fully saturated rings. The summed E-state index contributed by atoms with van der Waals surface area (Å²) in [7, 11) is 0. The normalized spacial score (nSPS) is 29.1. The fourth-order valence-corrected chi connectivity index (χ4v) is 8.52. The Bertz CT molecular complexity index is 915. The Balaban J connectivity index is 1.11. The lowest BCUT2D eigenvalue weighted by atomic mass is 9.67. The van der Waals surface area contributed by atoms with Crippen LogP contribution in [0, 0.1) is 35.5 Å². The van der Waals surface area contributed by atoms with Gasteiger partial charge >= 0.3 is 5.97 Å². The molecule has 3 aliphatic rings. The van der Waals surface area contributed by atoms with Crippen molar-refractivity contribution in [1.82, 2.24) is 0 Å². The molecule has 0 spiro atoms. The van der Waals surface area contributed by atoms with E-state index in [1.54, 1.807) is 5.56 Å². The Morgan fingerprint density at radius 2 is 1.43 bits per heavy atom. The number of rotatable bonds is 15. The predicted molar refractivity (Wildman–Crippen MR) is 172 cm³/mol. The SMILES string of the molecule is C=C(CO)C(=O)OCC(CO)C1CCC(C2CCC(CCc3ccc(C4CCC(CCCCC)CC4)cc3)CC2)CC1. The molecule has 0 bridgehead atoms. The van der Waals surface area contributed by atoms with E-state index in [1.807, 2.05) is 0 Å². The van der Waals surface area contributed by atoms with Crippen molar-refractivity contribution in [2.24, 2.45) is 35.5 Å². The van der Waals surface area contributed by atoms with Crippen molar-refractivity contribution in [1.29, 1.82) is 0 Å². The van der Waals surface area contributed by atoms with E-state index in [9.17, 15) is 9.90 Å². The average Bonchev–Trinajstić information content (AvgIpc) is 3.05. The van der Waals surface area contributed by atoms with Gasteiger partial charge in [-0.05, 0) is 124 Å². The van der Waals surface area contributed by atoms with Crippen molar-refractivity contribution in [2.75, 3.05) is 19.8 Å². The molecule has 0 saturated heterocycles. The minimum Gasteiger partial charge on any atom is -0.462 e. The summed E-state index contributed by atoms with van der Waals surface area (Å²) >= 11 is 0. The first kappa shape index (κ1) is 33.2. The maximum Gasteiger partial charge on any atom is 0.335 e. The predicted octanol–water partition coefficient (Wildman–Crippen LogP) is 8.79. The first-order valence-corrected chi connectivity index (χ1v) is 17.7. The fourth-order valence-electron chi connectivity index (χ4n) is 8.52. The highest BCUT2D eigenvalue weighted by atomic mass is 16.5. The van der Waals surface area contributed by atoms with Crippen LogP contribution in [0.4, 0.5) is 0 Å². The molecule has 236 valence electrons. The van der Waals surface area contributed by atoms with Crippen molar-refractivity contribution in [3.8, 4) is 0 Å². The molecule has 1 unspecified atom stereocenters. The summed E-state index contributed by atoms with van der Waals surface area (Å²) in [6.45, 7) is 5.71. The van der Waals surface area contributed by atoms with Crippen LogP contribution in [0.5, 0.6) is 0 Å². The van der Waals surface area contributed by atoms with Crippen LogP contribution >= 0.6 is 0 Å². The fraction of sp³-hybridized carbons (Fsp3) is 0.763. The number of benzene rings is 1. The molecule has 1 aromatic rings. The van der Waals surface area contributed by atoms with Crippen molar-refractivity contribution in [3.63, 3.8) is 0 Å². The highest BCUT2D eigenvalue weighted by Gasteiger charge is 2.33. The van der Waals surface area contributed by atoms with E-state index in [0.717, 1.165) is 42.4 Å². The van der Waals surface area contributed by atoms with Crippen LogP contribution in [0.25, 0.3) is 0 Å². The molecule has 1 atom stereocenters. The molecule has 4 heteroatoms. The molecule has 3 saturated carbocycles. The van der Waals surface area contributed by atoms with Crippen LogP contribution in [0.1, 0.15) is 133 Å². The summed E-state index contributed by atoms with van der Waals surface area (Å²) in [6.07, 6.45) is 24.1. The van der Waals surface area contributed by atoms with Crippen molar-refractivity contribution in [2.45, 2.75) is 128 Å². The summed E-state index contributed by atoms with van der Waals surface area (Å²) in [6, 6.07) is 9.75. The van der Waals surface area contributed by atoms with Gasteiger partial charge < -0.3 is 14.9 Å². The zero-order valence-corrected chi connectivity index (χ0v) is 26.6. The third kappa shape index (κ3) is 9.94. The van der Waals surface area contributed by atoms with Crippen molar-refractivity contribution < 1.29 is 19.7 Å². The summed E-state index contributed by atoms with van der Waals surface area (Å²) in [5.74, 6) is 4.18. The Morgan fingerprint density at radius 1 is 0.833 bits per heavy atom. The molecule has 1 aromatic carbocycles. The van der Waals surface area contributed by atoms with Crippen LogP contribution in [0.2, 0.25) is 0 Å². The minimum absolute atomic E-state index is 0.0125. The molecule has 4 nitrogen and oxygen atoms in total. The van der Waals surface area contributed by atoms with Gasteiger partial charge in [0, 0.05) is 12.5 Å². The highest BCUT2D eigenvalue weighted by molar-refractivity contribution is 5.87. The Morgan fingerprint density at radius 3 is 2.02 bits per heavy atom. The number of aliphatic hydroxyl groups excluding tert-OH is 2. The number of unbranched alkanes of at least 4 members (excludes halogenated alkanes) is 2. The van der Waals surface area contributed by atoms with E-state index in [-0.39, 0.29) is 31.3 Å². The zero-order valence-electron chi connectivity index (χ0n) is 26.6. The van der Waals surface area contributed by atoms with E-state index in [2.05, 4.69) is 37.8 Å². The lowest BCUT2D eigenvalue weighted by Gasteiger charge is -2.39. The Labute approximate surface area is 256 Å². The van der Waals surface area contributed by atoms with E-state index >= 15 is 0 Å². The average molecular weight is 581 g/mol. The van der Waals surface area contributed by atoms with E-state index in [1.165, 1.54) is 108 Å². The molecular weight excluding hydrogens is 520 g/mol. The molecule has 2 N–H and O–H groups in total. The number of carbonyl (C=O) groups is 1. The number of carbonyl (C=O) groups excluding carboxylic acids is 1. The minimum atomic E-state index is -0.552. The van der Waals surface area contributed by atoms with Gasteiger partial charge in [0.15, 0.2) is 0 Å². The molecule has 0 heterocycles. The lowest BCUT2D eigenvalue weighted by Crippen LogP contribution is -2.32. The number of esters is 1. The molecule has 0 aromatic heterocycles. The van der Waals surface area contributed by atoms with Crippen LogP contribution in [0.15, 0.2) is 36.4 Å². The maximum atomic E-state index is 11.8. The number of ether oxygens (including phenoxy) is 1. The van der Waals surface area contributed by atoms with Crippen molar-refractivity contribution in [3.05, 3.63) is 47.5 Å². The van der Waals surface area contributed by atoms with Gasteiger partial charge in [0.05, 0.1) is 18.8 Å². The summed E-state index contributed by atoms with van der Waals surface area (Å²) in [4.78, 5) is 11.8. The van der Waals surface area contributed by atoms with Gasteiger partial charge in [0.1, 0.15) is 0 Å². The van der Waals surface area contributed by atoms with Gasteiger partial charge in [-0.15, -0.1) is 0 Å². The molecular formula is C38H60O4. The summed E-state index contributed by atoms with van der Waals surface area (Å²) in [5, 5.41) is 19.0. The first-order valence-electron chi connectivity index (χ1n) is 17.7. The zero-order chi connectivity index (χ0) is 29.7. The highest BCUT2D eigenvalue weighted by Crippen LogP contribution is 2.44. The Hall–Kier alpha value is -1.65. The van der Waals surface area contributed by atoms with Crippen LogP contribution in [-0.4, -0.2) is 36.0 Å². The van der Waals surface area contributed by atoms with Crippen LogP contribution in [0.3, 0.4) is 0 Å². The molecule has 3 aliphatic carbocycles. The van der Waals surface area contributed by atoms with Gasteiger partial charge in [0.2, 0.25) is 0 Å². The van der Waals surface area contributed by atoms with E-state index in [0.29, 0.717) is 5.92 Å². The number of aliphatic hydroxyl groups is 2. The van der Waals surface area contributed by atoms with Gasteiger partial charge in [-0.2, -0.15) is 0 Å².